The van der Waals surface area contributed by atoms with Crippen LogP contribution in [0.25, 0.3) is 0 Å². The molecule has 1 N–H and O–H groups in total. The Morgan fingerprint density at radius 3 is 2.68 bits per heavy atom. The Kier molecular flexibility index (Phi) is 4.74. The Morgan fingerprint density at radius 2 is 2.04 bits per heavy atom. The van der Waals surface area contributed by atoms with Crippen LogP contribution in [-0.2, 0) is 19.4 Å². The molecule has 3 rings (SSSR count). The molecule has 0 bridgehead atoms. The Hall–Kier alpha value is -2.07. The van der Waals surface area contributed by atoms with Gasteiger partial charge in [-0.3, -0.25) is 9.79 Å². The molecule has 1 fully saturated rings. The van der Waals surface area contributed by atoms with E-state index in [1.807, 2.05) is 0 Å². The number of hydrogen-bond acceptors (Lipinski definition) is 8. The van der Waals surface area contributed by atoms with Crippen LogP contribution in [0, 0.1) is 0 Å². The number of ether oxygens (including phenoxy) is 1. The predicted octanol–water partition coefficient (Wildman–Crippen LogP) is 0.322. The number of amides is 1. The lowest BCUT2D eigenvalue weighted by atomic mass is 10.2. The molecule has 0 radical (unpaired) electrons. The van der Waals surface area contributed by atoms with E-state index in [9.17, 15) is 13.2 Å². The smallest absolute Gasteiger partial charge is 0.264 e. The number of nitrogens with zero attached hydrogens (tertiary/aromatic N) is 3. The van der Waals surface area contributed by atoms with E-state index in [1.54, 1.807) is 0 Å². The van der Waals surface area contributed by atoms with Crippen molar-refractivity contribution in [3.63, 3.8) is 0 Å². The fourth-order valence-electron chi connectivity index (χ4n) is 2.68. The van der Waals surface area contributed by atoms with Gasteiger partial charge in [0, 0.05) is 13.2 Å². The lowest BCUT2D eigenvalue weighted by Crippen LogP contribution is -2.53. The van der Waals surface area contributed by atoms with E-state index in [0.717, 1.165) is 0 Å². The number of amidine groups is 2. The molecule has 1 aromatic rings. The van der Waals surface area contributed by atoms with Gasteiger partial charge in [-0.1, -0.05) is 0 Å². The van der Waals surface area contributed by atoms with Gasteiger partial charge in [0.15, 0.2) is 9.84 Å². The zero-order valence-electron chi connectivity index (χ0n) is 14.1. The summed E-state index contributed by atoms with van der Waals surface area (Å²) in [5, 5.41) is 2.00. The fraction of sp³-hybridized carbons (Fsp3) is 0.600. The normalized spacial score (nSPS) is 19.4. The largest absolute Gasteiger partial charge is 0.442 e. The van der Waals surface area contributed by atoms with Crippen molar-refractivity contribution in [3.8, 4) is 0 Å². The Morgan fingerprint density at radius 1 is 1.32 bits per heavy atom. The number of carbonyl (C=O) groups is 1. The van der Waals surface area contributed by atoms with Crippen molar-refractivity contribution in [2.75, 3.05) is 19.8 Å². The maximum absolute atomic E-state index is 12.9. The van der Waals surface area contributed by atoms with Crippen molar-refractivity contribution in [2.45, 2.75) is 36.7 Å². The number of aromatic nitrogens is 1. The molecule has 0 saturated carbocycles. The zero-order valence-corrected chi connectivity index (χ0v) is 14.9. The topological polar surface area (TPSA) is 123 Å². The molecule has 9 nitrogen and oxygen atoms in total. The molecule has 0 spiro atoms. The second-order valence-electron chi connectivity index (χ2n) is 6.36. The van der Waals surface area contributed by atoms with Crippen LogP contribution < -0.4 is 5.32 Å². The third kappa shape index (κ3) is 3.36. The van der Waals surface area contributed by atoms with Gasteiger partial charge in [0.25, 0.3) is 5.89 Å². The van der Waals surface area contributed by atoms with Crippen LogP contribution >= 0.6 is 0 Å². The highest BCUT2D eigenvalue weighted by atomic mass is 32.2. The number of rotatable bonds is 4. The van der Waals surface area contributed by atoms with Gasteiger partial charge in [0.1, 0.15) is 16.8 Å². The lowest BCUT2D eigenvalue weighted by Gasteiger charge is -2.31. The van der Waals surface area contributed by atoms with E-state index in [-0.39, 0.29) is 24.1 Å². The molecule has 136 valence electrons. The van der Waals surface area contributed by atoms with Crippen molar-refractivity contribution in [1.82, 2.24) is 10.3 Å². The van der Waals surface area contributed by atoms with E-state index >= 15 is 0 Å². The summed E-state index contributed by atoms with van der Waals surface area (Å²) in [6, 6.07) is 0. The molecule has 0 aliphatic carbocycles. The average molecular weight is 368 g/mol. The Bertz CT molecular complexity index is 805. The molecule has 10 heteroatoms. The standard InChI is InChI=1S/C15H20N4O5S/c1-15(2,25(21,22)10-3-6-23-7-4-10)14(20)19-11-9-17-12(18-11)13-16-5-8-24-13/h5,8,10H,3-4,6-7,9H2,1-2H3,(H,17,18,19,20). The molecule has 0 atom stereocenters. The molecular weight excluding hydrogens is 348 g/mol. The molecule has 1 amide bonds. The van der Waals surface area contributed by atoms with Gasteiger partial charge >= 0.3 is 0 Å². The van der Waals surface area contributed by atoms with E-state index in [1.165, 1.54) is 26.3 Å². The minimum absolute atomic E-state index is 0.136. The molecule has 25 heavy (non-hydrogen) atoms. The Balaban J connectivity index is 1.71. The maximum Gasteiger partial charge on any atom is 0.264 e. The van der Waals surface area contributed by atoms with E-state index < -0.39 is 25.7 Å². The fourth-order valence-corrected chi connectivity index (χ4v) is 4.63. The van der Waals surface area contributed by atoms with Crippen LogP contribution in [0.15, 0.2) is 26.9 Å². The predicted molar refractivity (Wildman–Crippen MR) is 90.3 cm³/mol. The minimum Gasteiger partial charge on any atom is -0.442 e. The summed E-state index contributed by atoms with van der Waals surface area (Å²) in [6.07, 6.45) is 3.66. The van der Waals surface area contributed by atoms with Gasteiger partial charge < -0.3 is 14.5 Å². The molecule has 2 aliphatic heterocycles. The number of aliphatic imine (C=N–C) groups is 2. The van der Waals surface area contributed by atoms with Crippen LogP contribution in [0.5, 0.6) is 0 Å². The molecule has 2 aliphatic rings. The monoisotopic (exact) mass is 368 g/mol. The number of sulfone groups is 1. The number of hydrogen-bond donors (Lipinski definition) is 1. The molecule has 3 heterocycles. The van der Waals surface area contributed by atoms with Crippen LogP contribution in [0.1, 0.15) is 32.6 Å². The van der Waals surface area contributed by atoms with Gasteiger partial charge in [0.2, 0.25) is 11.7 Å². The van der Waals surface area contributed by atoms with Gasteiger partial charge in [-0.15, -0.1) is 0 Å². The molecule has 1 aromatic heterocycles. The van der Waals surface area contributed by atoms with Crippen molar-refractivity contribution < 1.29 is 22.4 Å². The summed E-state index contributed by atoms with van der Waals surface area (Å²) in [5.41, 5.74) is 0. The van der Waals surface area contributed by atoms with Crippen molar-refractivity contribution in [1.29, 1.82) is 0 Å². The zero-order chi connectivity index (χ0) is 18.1. The summed E-state index contributed by atoms with van der Waals surface area (Å²) >= 11 is 0. The van der Waals surface area contributed by atoms with Crippen LogP contribution in [0.3, 0.4) is 0 Å². The second kappa shape index (κ2) is 6.68. The molecule has 0 unspecified atom stereocenters. The Labute approximate surface area is 145 Å². The van der Waals surface area contributed by atoms with Crippen molar-refractivity contribution >= 4 is 27.4 Å². The highest BCUT2D eigenvalue weighted by molar-refractivity contribution is 7.94. The van der Waals surface area contributed by atoms with Gasteiger partial charge in [-0.25, -0.2) is 18.4 Å². The van der Waals surface area contributed by atoms with Crippen LogP contribution in [0.2, 0.25) is 0 Å². The van der Waals surface area contributed by atoms with E-state index in [4.69, 9.17) is 9.15 Å². The highest BCUT2D eigenvalue weighted by Gasteiger charge is 2.47. The highest BCUT2D eigenvalue weighted by Crippen LogP contribution is 2.27. The van der Waals surface area contributed by atoms with Crippen molar-refractivity contribution in [3.05, 3.63) is 18.4 Å². The SMILES string of the molecule is CC(C)(C(=O)NC1=NC(c2ncco2)=NC1)S(=O)(=O)C1CCOCC1. The second-order valence-corrected chi connectivity index (χ2v) is 9.13. The summed E-state index contributed by atoms with van der Waals surface area (Å²) in [7, 11) is -3.67. The van der Waals surface area contributed by atoms with E-state index in [2.05, 4.69) is 20.3 Å². The molecule has 1 saturated heterocycles. The molecular formula is C15H20N4O5S. The van der Waals surface area contributed by atoms with Gasteiger partial charge in [-0.2, -0.15) is 0 Å². The first-order valence-corrected chi connectivity index (χ1v) is 9.51. The third-order valence-electron chi connectivity index (χ3n) is 4.37. The quantitative estimate of drug-likeness (QED) is 0.816. The average Bonchev–Trinajstić information content (AvgIpc) is 3.26. The first-order valence-electron chi connectivity index (χ1n) is 7.97. The number of carbonyl (C=O) groups excluding carboxylic acids is 1. The number of oxazole rings is 1. The van der Waals surface area contributed by atoms with Crippen LogP contribution in [-0.4, -0.2) is 60.7 Å². The first-order chi connectivity index (χ1) is 11.8. The lowest BCUT2D eigenvalue weighted by molar-refractivity contribution is -0.121. The van der Waals surface area contributed by atoms with Gasteiger partial charge in [-0.05, 0) is 26.7 Å². The summed E-state index contributed by atoms with van der Waals surface area (Å²) in [5.74, 6) is 0.166. The summed E-state index contributed by atoms with van der Waals surface area (Å²) in [6.45, 7) is 3.75. The van der Waals surface area contributed by atoms with Crippen LogP contribution in [0.4, 0.5) is 0 Å². The van der Waals surface area contributed by atoms with E-state index in [0.29, 0.717) is 26.1 Å². The summed E-state index contributed by atoms with van der Waals surface area (Å²) in [4.78, 5) is 24.8. The third-order valence-corrected chi connectivity index (χ3v) is 7.32. The number of nitrogens with one attached hydrogen (secondary N) is 1. The van der Waals surface area contributed by atoms with Crippen molar-refractivity contribution in [2.24, 2.45) is 9.98 Å². The molecule has 0 aromatic carbocycles. The summed E-state index contributed by atoms with van der Waals surface area (Å²) < 4.78 is 34.5. The first kappa shape index (κ1) is 17.7. The van der Waals surface area contributed by atoms with Gasteiger partial charge in [0.05, 0.1) is 18.0 Å². The maximum atomic E-state index is 12.9. The minimum atomic E-state index is -3.67.